The number of nitrogens with zero attached hydrogens (tertiary/aromatic N) is 1. The Balaban J connectivity index is 2.49. The van der Waals surface area contributed by atoms with E-state index >= 15 is 0 Å². The summed E-state index contributed by atoms with van der Waals surface area (Å²) in [7, 11) is 0. The van der Waals surface area contributed by atoms with Gasteiger partial charge in [0.1, 0.15) is 0 Å². The highest BCUT2D eigenvalue weighted by Crippen LogP contribution is 2.21. The molecule has 3 nitrogen and oxygen atoms in total. The molecule has 0 aromatic carbocycles. The second kappa shape index (κ2) is 3.65. The fourth-order valence-electron chi connectivity index (χ4n) is 1.73. The van der Waals surface area contributed by atoms with Gasteiger partial charge in [0.25, 0.3) is 0 Å². The van der Waals surface area contributed by atoms with Gasteiger partial charge < -0.3 is 0 Å². The molecule has 1 N–H and O–H groups in total. The standard InChI is InChI=1S/C7H15NO2S/c1-6-3-7(2)5-8(4-6)11(9)10/h6-7H,3-5H2,1-2H3,(H,9,10). The van der Waals surface area contributed by atoms with Crippen molar-refractivity contribution in [2.45, 2.75) is 20.3 Å². The lowest BCUT2D eigenvalue weighted by molar-refractivity contribution is 0.220. The topological polar surface area (TPSA) is 40.5 Å². The highest BCUT2D eigenvalue weighted by atomic mass is 32.2. The van der Waals surface area contributed by atoms with Crippen molar-refractivity contribution < 1.29 is 8.76 Å². The van der Waals surface area contributed by atoms with E-state index in [0.717, 1.165) is 13.1 Å². The van der Waals surface area contributed by atoms with Crippen LogP contribution in [0, 0.1) is 11.8 Å². The Hall–Kier alpha value is 0.0700. The van der Waals surface area contributed by atoms with Gasteiger partial charge in [-0.1, -0.05) is 13.8 Å². The third-order valence-corrected chi connectivity index (χ3v) is 2.80. The third-order valence-electron chi connectivity index (χ3n) is 2.06. The predicted molar refractivity (Wildman–Crippen MR) is 45.3 cm³/mol. The Labute approximate surface area is 70.2 Å². The van der Waals surface area contributed by atoms with Gasteiger partial charge in [-0.3, -0.25) is 4.55 Å². The Morgan fingerprint density at radius 1 is 1.36 bits per heavy atom. The van der Waals surface area contributed by atoms with Crippen LogP contribution in [0.2, 0.25) is 0 Å². The zero-order valence-electron chi connectivity index (χ0n) is 6.99. The first-order valence-corrected chi connectivity index (χ1v) is 5.02. The molecule has 3 atom stereocenters. The van der Waals surface area contributed by atoms with Crippen LogP contribution >= 0.6 is 0 Å². The van der Waals surface area contributed by atoms with Gasteiger partial charge in [0.2, 0.25) is 11.3 Å². The Kier molecular flexibility index (Phi) is 3.04. The molecule has 1 aliphatic heterocycles. The first-order chi connectivity index (χ1) is 5.09. The number of rotatable bonds is 1. The van der Waals surface area contributed by atoms with E-state index in [1.54, 1.807) is 4.31 Å². The molecule has 0 aliphatic carbocycles. The van der Waals surface area contributed by atoms with Gasteiger partial charge in [-0.15, -0.1) is 0 Å². The molecule has 1 aliphatic rings. The highest BCUT2D eigenvalue weighted by Gasteiger charge is 2.24. The van der Waals surface area contributed by atoms with Crippen LogP contribution in [0.1, 0.15) is 20.3 Å². The van der Waals surface area contributed by atoms with Crippen molar-refractivity contribution in [3.8, 4) is 0 Å². The van der Waals surface area contributed by atoms with E-state index in [2.05, 4.69) is 13.8 Å². The molecule has 0 radical (unpaired) electrons. The maximum Gasteiger partial charge on any atom is 0.234 e. The summed E-state index contributed by atoms with van der Waals surface area (Å²) in [6.07, 6.45) is 1.17. The first kappa shape index (κ1) is 9.16. The first-order valence-electron chi connectivity index (χ1n) is 3.95. The van der Waals surface area contributed by atoms with Gasteiger partial charge >= 0.3 is 0 Å². The molecule has 1 rings (SSSR count). The normalized spacial score (nSPS) is 37.0. The average molecular weight is 177 g/mol. The Bertz CT molecular complexity index is 153. The molecule has 0 aromatic heterocycles. The molecular weight excluding hydrogens is 162 g/mol. The van der Waals surface area contributed by atoms with E-state index in [0.29, 0.717) is 11.8 Å². The summed E-state index contributed by atoms with van der Waals surface area (Å²) in [5, 5.41) is 0. The summed E-state index contributed by atoms with van der Waals surface area (Å²) >= 11 is -1.76. The largest absolute Gasteiger partial charge is 0.294 e. The minimum atomic E-state index is -1.76. The minimum absolute atomic E-state index is 0.551. The summed E-state index contributed by atoms with van der Waals surface area (Å²) in [5.74, 6) is 1.10. The molecule has 1 fully saturated rings. The van der Waals surface area contributed by atoms with Gasteiger partial charge in [-0.2, -0.15) is 0 Å². The predicted octanol–water partition coefficient (Wildman–Crippen LogP) is 1.10. The van der Waals surface area contributed by atoms with Crippen molar-refractivity contribution in [3.63, 3.8) is 0 Å². The molecule has 0 bridgehead atoms. The van der Waals surface area contributed by atoms with Crippen molar-refractivity contribution in [1.82, 2.24) is 4.31 Å². The summed E-state index contributed by atoms with van der Waals surface area (Å²) in [4.78, 5) is 0. The monoisotopic (exact) mass is 177 g/mol. The van der Waals surface area contributed by atoms with E-state index in [-0.39, 0.29) is 0 Å². The van der Waals surface area contributed by atoms with Crippen LogP contribution in [0.5, 0.6) is 0 Å². The van der Waals surface area contributed by atoms with Crippen LogP contribution in [0.25, 0.3) is 0 Å². The summed E-state index contributed by atoms with van der Waals surface area (Å²) < 4.78 is 21.1. The maximum absolute atomic E-state index is 10.7. The highest BCUT2D eigenvalue weighted by molar-refractivity contribution is 7.76. The molecule has 1 saturated heterocycles. The fourth-order valence-corrected chi connectivity index (χ4v) is 2.50. The zero-order chi connectivity index (χ0) is 8.43. The molecule has 4 heteroatoms. The van der Waals surface area contributed by atoms with Crippen molar-refractivity contribution in [1.29, 1.82) is 0 Å². The molecule has 0 saturated carbocycles. The lowest BCUT2D eigenvalue weighted by atomic mass is 9.94. The van der Waals surface area contributed by atoms with Crippen LogP contribution in [-0.2, 0) is 11.3 Å². The van der Waals surface area contributed by atoms with E-state index in [1.807, 2.05) is 0 Å². The summed E-state index contributed by atoms with van der Waals surface area (Å²) in [6.45, 7) is 5.76. The average Bonchev–Trinajstić information content (AvgIpc) is 1.85. The van der Waals surface area contributed by atoms with Crippen molar-refractivity contribution >= 4 is 11.3 Å². The van der Waals surface area contributed by atoms with E-state index in [1.165, 1.54) is 6.42 Å². The lowest BCUT2D eigenvalue weighted by Crippen LogP contribution is -2.39. The van der Waals surface area contributed by atoms with E-state index in [9.17, 15) is 4.21 Å². The molecule has 0 aromatic rings. The molecule has 0 spiro atoms. The van der Waals surface area contributed by atoms with Crippen LogP contribution < -0.4 is 0 Å². The minimum Gasteiger partial charge on any atom is -0.294 e. The molecule has 3 unspecified atom stereocenters. The van der Waals surface area contributed by atoms with E-state index < -0.39 is 11.3 Å². The van der Waals surface area contributed by atoms with Crippen LogP contribution in [0.4, 0.5) is 0 Å². The van der Waals surface area contributed by atoms with Gasteiger partial charge in [0.15, 0.2) is 0 Å². The van der Waals surface area contributed by atoms with Crippen LogP contribution in [0.3, 0.4) is 0 Å². The second-order valence-corrected chi connectivity index (χ2v) is 4.50. The van der Waals surface area contributed by atoms with Crippen LogP contribution in [0.15, 0.2) is 0 Å². The molecule has 11 heavy (non-hydrogen) atoms. The second-order valence-electron chi connectivity index (χ2n) is 3.52. The molecular formula is C7H15NO2S. The van der Waals surface area contributed by atoms with Gasteiger partial charge in [-0.25, -0.2) is 8.51 Å². The summed E-state index contributed by atoms with van der Waals surface area (Å²) in [5.41, 5.74) is 0. The molecule has 0 amide bonds. The smallest absolute Gasteiger partial charge is 0.234 e. The third kappa shape index (κ3) is 2.54. The number of piperidine rings is 1. The molecule has 66 valence electrons. The van der Waals surface area contributed by atoms with Crippen LogP contribution in [-0.4, -0.2) is 26.2 Å². The Morgan fingerprint density at radius 2 is 1.82 bits per heavy atom. The van der Waals surface area contributed by atoms with Crippen molar-refractivity contribution in [2.75, 3.05) is 13.1 Å². The quantitative estimate of drug-likeness (QED) is 0.609. The number of hydrogen-bond acceptors (Lipinski definition) is 1. The number of hydrogen-bond donors (Lipinski definition) is 1. The zero-order valence-corrected chi connectivity index (χ0v) is 7.80. The maximum atomic E-state index is 10.7. The SMILES string of the molecule is CC1CC(C)CN(S(=O)O)C1. The van der Waals surface area contributed by atoms with Gasteiger partial charge in [-0.05, 0) is 18.3 Å². The fraction of sp³-hybridized carbons (Fsp3) is 1.00. The molecule has 1 heterocycles. The Morgan fingerprint density at radius 3 is 2.18 bits per heavy atom. The van der Waals surface area contributed by atoms with Crippen molar-refractivity contribution in [3.05, 3.63) is 0 Å². The lowest BCUT2D eigenvalue weighted by Gasteiger charge is -2.31. The van der Waals surface area contributed by atoms with E-state index in [4.69, 9.17) is 4.55 Å². The van der Waals surface area contributed by atoms with Gasteiger partial charge in [0, 0.05) is 13.1 Å². The van der Waals surface area contributed by atoms with Gasteiger partial charge in [0.05, 0.1) is 0 Å². The van der Waals surface area contributed by atoms with Crippen molar-refractivity contribution in [2.24, 2.45) is 11.8 Å². The summed E-state index contributed by atoms with van der Waals surface area (Å²) in [6, 6.07) is 0.